The Morgan fingerprint density at radius 1 is 0.833 bits per heavy atom. The monoisotopic (exact) mass is 496 g/mol. The minimum absolute atomic E-state index is 0.109. The van der Waals surface area contributed by atoms with E-state index in [-0.39, 0.29) is 22.5 Å². The van der Waals surface area contributed by atoms with Gasteiger partial charge < -0.3 is 15.4 Å². The second-order valence-corrected chi connectivity index (χ2v) is 7.31. The number of benzene rings is 2. The summed E-state index contributed by atoms with van der Waals surface area (Å²) in [6.07, 6.45) is -0.977. The molecule has 0 aliphatic heterocycles. The molecule has 11 heteroatoms. The molecule has 4 rings (SSSR count). The molecule has 36 heavy (non-hydrogen) atoms. The summed E-state index contributed by atoms with van der Waals surface area (Å²) in [7, 11) is 0. The number of nitrogens with one attached hydrogen (secondary N) is 2. The molecule has 2 aromatic heterocycles. The maximum atomic E-state index is 14.0. The first-order valence-electron chi connectivity index (χ1n) is 10.3. The lowest BCUT2D eigenvalue weighted by molar-refractivity contribution is -0.274. The summed E-state index contributed by atoms with van der Waals surface area (Å²) in [5.41, 5.74) is 0.532. The van der Waals surface area contributed by atoms with Crippen molar-refractivity contribution in [2.75, 3.05) is 10.6 Å². The highest BCUT2D eigenvalue weighted by Crippen LogP contribution is 2.29. The number of pyridine rings is 2. The fourth-order valence-electron chi connectivity index (χ4n) is 3.20. The van der Waals surface area contributed by atoms with Gasteiger partial charge in [-0.15, -0.1) is 13.2 Å². The van der Waals surface area contributed by atoms with Crippen LogP contribution in [0.4, 0.5) is 28.9 Å². The third-order valence-corrected chi connectivity index (χ3v) is 4.82. The molecule has 2 amide bonds. The number of carbonyl (C=O) groups is 2. The lowest BCUT2D eigenvalue weighted by atomic mass is 10.1. The molecule has 0 unspecified atom stereocenters. The third-order valence-electron chi connectivity index (χ3n) is 4.82. The Bertz CT molecular complexity index is 1390. The number of halogens is 4. The van der Waals surface area contributed by atoms with Crippen molar-refractivity contribution < 1.29 is 31.9 Å². The Hall–Kier alpha value is -4.80. The molecule has 2 N–H and O–H groups in total. The summed E-state index contributed by atoms with van der Waals surface area (Å²) >= 11 is 0. The fraction of sp³-hybridized carbons (Fsp3) is 0.0400. The van der Waals surface area contributed by atoms with Crippen LogP contribution < -0.4 is 15.4 Å². The molecule has 4 aromatic rings. The van der Waals surface area contributed by atoms with Crippen LogP contribution in [-0.2, 0) is 0 Å². The number of rotatable bonds is 6. The quantitative estimate of drug-likeness (QED) is 0.335. The highest BCUT2D eigenvalue weighted by molar-refractivity contribution is 6.10. The van der Waals surface area contributed by atoms with Gasteiger partial charge in [-0.1, -0.05) is 12.1 Å². The SMILES string of the molecule is O=C(Nc1ccc(-c2ccccc2F)nc1)c1ccc(OC(F)(F)F)c(C(=O)Nc2ccncc2)c1. The number of alkyl halides is 3. The Kier molecular flexibility index (Phi) is 6.91. The molecule has 0 fully saturated rings. The number of amides is 2. The van der Waals surface area contributed by atoms with E-state index in [0.717, 1.165) is 18.2 Å². The molecule has 182 valence electrons. The number of carbonyl (C=O) groups excluding carboxylic acids is 2. The minimum atomic E-state index is -5.05. The van der Waals surface area contributed by atoms with Gasteiger partial charge in [0.2, 0.25) is 0 Å². The van der Waals surface area contributed by atoms with Crippen molar-refractivity contribution in [2.24, 2.45) is 0 Å². The first kappa shape index (κ1) is 24.3. The van der Waals surface area contributed by atoms with Crippen LogP contribution >= 0.6 is 0 Å². The van der Waals surface area contributed by atoms with Crippen molar-refractivity contribution in [3.05, 3.63) is 102 Å². The number of ether oxygens (including phenoxy) is 1. The molecule has 2 heterocycles. The lowest BCUT2D eigenvalue weighted by Crippen LogP contribution is -2.22. The van der Waals surface area contributed by atoms with Crippen molar-refractivity contribution in [1.82, 2.24) is 9.97 Å². The van der Waals surface area contributed by atoms with Crippen molar-refractivity contribution in [3.63, 3.8) is 0 Å². The molecule has 0 saturated heterocycles. The van der Waals surface area contributed by atoms with Gasteiger partial charge in [0.25, 0.3) is 11.8 Å². The zero-order chi connectivity index (χ0) is 25.7. The number of hydrogen-bond acceptors (Lipinski definition) is 5. The second kappa shape index (κ2) is 10.2. The van der Waals surface area contributed by atoms with E-state index >= 15 is 0 Å². The largest absolute Gasteiger partial charge is 0.573 e. The molecular formula is C25H16F4N4O3. The summed E-state index contributed by atoms with van der Waals surface area (Å²) in [6.45, 7) is 0. The summed E-state index contributed by atoms with van der Waals surface area (Å²) in [4.78, 5) is 33.4. The van der Waals surface area contributed by atoms with Crippen molar-refractivity contribution in [2.45, 2.75) is 6.36 Å². The zero-order valence-electron chi connectivity index (χ0n) is 18.2. The standard InChI is InChI=1S/C25H16F4N4O3/c26-20-4-2-1-3-18(20)21-7-6-17(14-31-21)33-23(34)15-5-8-22(36-25(27,28)29)19(13-15)24(35)32-16-9-11-30-12-10-16/h1-14H,(H,33,34)(H,30,32,35). The molecular weight excluding hydrogens is 480 g/mol. The van der Waals surface area contributed by atoms with Gasteiger partial charge in [-0.25, -0.2) is 4.39 Å². The first-order chi connectivity index (χ1) is 17.2. The number of nitrogens with zero attached hydrogens (tertiary/aromatic N) is 2. The van der Waals surface area contributed by atoms with Gasteiger partial charge in [0, 0.05) is 29.2 Å². The lowest BCUT2D eigenvalue weighted by Gasteiger charge is -2.15. The van der Waals surface area contributed by atoms with Crippen LogP contribution in [0.5, 0.6) is 5.75 Å². The maximum absolute atomic E-state index is 14.0. The van der Waals surface area contributed by atoms with Crippen LogP contribution in [0, 0.1) is 5.82 Å². The molecule has 0 atom stereocenters. The van der Waals surface area contributed by atoms with Gasteiger partial charge in [-0.3, -0.25) is 19.6 Å². The Morgan fingerprint density at radius 3 is 2.22 bits per heavy atom. The normalized spacial score (nSPS) is 11.0. The van der Waals surface area contributed by atoms with Gasteiger partial charge in [-0.2, -0.15) is 0 Å². The van der Waals surface area contributed by atoms with Crippen LogP contribution in [0.15, 0.2) is 85.3 Å². The van der Waals surface area contributed by atoms with E-state index < -0.39 is 35.3 Å². The van der Waals surface area contributed by atoms with Crippen molar-refractivity contribution in [3.8, 4) is 17.0 Å². The maximum Gasteiger partial charge on any atom is 0.573 e. The summed E-state index contributed by atoms with van der Waals surface area (Å²) in [5.74, 6) is -2.87. The smallest absolute Gasteiger partial charge is 0.405 e. The Morgan fingerprint density at radius 2 is 1.56 bits per heavy atom. The highest BCUT2D eigenvalue weighted by Gasteiger charge is 2.33. The van der Waals surface area contributed by atoms with E-state index in [9.17, 15) is 27.2 Å². The van der Waals surface area contributed by atoms with Gasteiger partial charge >= 0.3 is 6.36 Å². The van der Waals surface area contributed by atoms with Crippen LogP contribution in [0.3, 0.4) is 0 Å². The van der Waals surface area contributed by atoms with Crippen molar-refractivity contribution in [1.29, 1.82) is 0 Å². The number of anilines is 2. The molecule has 0 saturated carbocycles. The van der Waals surface area contributed by atoms with E-state index in [4.69, 9.17) is 0 Å². The predicted octanol–water partition coefficient (Wildman–Crippen LogP) is 5.69. The average molecular weight is 496 g/mol. The highest BCUT2D eigenvalue weighted by atomic mass is 19.4. The second-order valence-electron chi connectivity index (χ2n) is 7.31. The summed E-state index contributed by atoms with van der Waals surface area (Å²) < 4.78 is 56.5. The third kappa shape index (κ3) is 6.00. The van der Waals surface area contributed by atoms with Crippen LogP contribution in [0.1, 0.15) is 20.7 Å². The van der Waals surface area contributed by atoms with E-state index in [0.29, 0.717) is 5.69 Å². The van der Waals surface area contributed by atoms with E-state index in [2.05, 4.69) is 25.3 Å². The number of hydrogen-bond donors (Lipinski definition) is 2. The van der Waals surface area contributed by atoms with Gasteiger partial charge in [0.1, 0.15) is 11.6 Å². The predicted molar refractivity (Wildman–Crippen MR) is 123 cm³/mol. The first-order valence-corrected chi connectivity index (χ1v) is 10.3. The molecule has 0 spiro atoms. The topological polar surface area (TPSA) is 93.2 Å². The zero-order valence-corrected chi connectivity index (χ0v) is 18.2. The Labute approximate surface area is 201 Å². The minimum Gasteiger partial charge on any atom is -0.405 e. The van der Waals surface area contributed by atoms with Crippen LogP contribution in [0.25, 0.3) is 11.3 Å². The summed E-state index contributed by atoms with van der Waals surface area (Å²) in [5, 5.41) is 4.96. The fourth-order valence-corrected chi connectivity index (χ4v) is 3.20. The van der Waals surface area contributed by atoms with Gasteiger partial charge in [0.15, 0.2) is 0 Å². The van der Waals surface area contributed by atoms with Crippen LogP contribution in [0.2, 0.25) is 0 Å². The molecule has 2 aromatic carbocycles. The Balaban J connectivity index is 1.56. The summed E-state index contributed by atoms with van der Waals surface area (Å²) in [6, 6.07) is 14.9. The molecule has 0 radical (unpaired) electrons. The van der Waals surface area contributed by atoms with Crippen LogP contribution in [-0.4, -0.2) is 28.1 Å². The molecule has 0 aliphatic rings. The van der Waals surface area contributed by atoms with E-state index in [1.54, 1.807) is 18.2 Å². The van der Waals surface area contributed by atoms with Gasteiger partial charge in [0.05, 0.1) is 23.1 Å². The van der Waals surface area contributed by atoms with E-state index in [1.807, 2.05) is 0 Å². The molecule has 7 nitrogen and oxygen atoms in total. The molecule has 0 aliphatic carbocycles. The average Bonchev–Trinajstić information content (AvgIpc) is 2.85. The van der Waals surface area contributed by atoms with Gasteiger partial charge in [-0.05, 0) is 54.6 Å². The number of aromatic nitrogens is 2. The molecule has 0 bridgehead atoms. The van der Waals surface area contributed by atoms with Crippen molar-refractivity contribution >= 4 is 23.2 Å². The van der Waals surface area contributed by atoms with E-state index in [1.165, 1.54) is 48.9 Å².